The Kier molecular flexibility index (Phi) is 1.79. The van der Waals surface area contributed by atoms with Gasteiger partial charge < -0.3 is 5.11 Å². The Labute approximate surface area is 91.1 Å². The van der Waals surface area contributed by atoms with Crippen molar-refractivity contribution in [1.29, 1.82) is 0 Å². The molecule has 1 N–H and O–H groups in total. The first-order chi connectivity index (χ1) is 7.07. The Bertz CT molecular complexity index is 294. The van der Waals surface area contributed by atoms with Gasteiger partial charge in [-0.25, -0.2) is 0 Å². The van der Waals surface area contributed by atoms with Gasteiger partial charge in [-0.3, -0.25) is 4.79 Å². The summed E-state index contributed by atoms with van der Waals surface area (Å²) in [7, 11) is 0. The molecule has 4 bridgehead atoms. The van der Waals surface area contributed by atoms with E-state index in [-0.39, 0.29) is 5.41 Å². The summed E-state index contributed by atoms with van der Waals surface area (Å²) in [4.78, 5) is 11.5. The predicted octanol–water partition coefficient (Wildman–Crippen LogP) is 3.07. The van der Waals surface area contributed by atoms with Crippen LogP contribution in [0.4, 0.5) is 0 Å². The van der Waals surface area contributed by atoms with E-state index < -0.39 is 5.97 Å². The SMILES string of the molecule is CCC12C[C@@H]3C[C@@H](C1)CC(C(=O)O)(C3)C2. The quantitative estimate of drug-likeness (QED) is 0.757. The number of hydrogen-bond acceptors (Lipinski definition) is 1. The number of aliphatic carboxylic acids is 1. The molecular weight excluding hydrogens is 188 g/mol. The Morgan fingerprint density at radius 3 is 2.33 bits per heavy atom. The van der Waals surface area contributed by atoms with E-state index in [2.05, 4.69) is 6.92 Å². The van der Waals surface area contributed by atoms with Crippen molar-refractivity contribution in [3.63, 3.8) is 0 Å². The van der Waals surface area contributed by atoms with Gasteiger partial charge in [0, 0.05) is 0 Å². The first kappa shape index (κ1) is 9.68. The minimum absolute atomic E-state index is 0.319. The topological polar surface area (TPSA) is 37.3 Å². The largest absolute Gasteiger partial charge is 0.481 e. The molecule has 2 heteroatoms. The van der Waals surface area contributed by atoms with Crippen LogP contribution in [0.1, 0.15) is 51.9 Å². The lowest BCUT2D eigenvalue weighted by molar-refractivity contribution is -0.175. The summed E-state index contributed by atoms with van der Waals surface area (Å²) in [6.07, 6.45) is 8.05. The van der Waals surface area contributed by atoms with Crippen LogP contribution in [0.2, 0.25) is 0 Å². The average molecular weight is 208 g/mol. The van der Waals surface area contributed by atoms with Gasteiger partial charge in [-0.15, -0.1) is 0 Å². The number of hydrogen-bond donors (Lipinski definition) is 1. The third-order valence-electron chi connectivity index (χ3n) is 5.39. The van der Waals surface area contributed by atoms with Crippen LogP contribution in [-0.2, 0) is 4.79 Å². The van der Waals surface area contributed by atoms with Crippen molar-refractivity contribution in [1.82, 2.24) is 0 Å². The summed E-state index contributed by atoms with van der Waals surface area (Å²) < 4.78 is 0. The van der Waals surface area contributed by atoms with Crippen LogP contribution in [0.3, 0.4) is 0 Å². The Morgan fingerprint density at radius 2 is 1.87 bits per heavy atom. The zero-order chi connectivity index (χ0) is 10.7. The molecule has 4 rings (SSSR count). The van der Waals surface area contributed by atoms with Crippen molar-refractivity contribution >= 4 is 5.97 Å². The maximum absolute atomic E-state index is 11.5. The minimum Gasteiger partial charge on any atom is -0.481 e. The van der Waals surface area contributed by atoms with Crippen LogP contribution in [0.15, 0.2) is 0 Å². The predicted molar refractivity (Wildman–Crippen MR) is 57.5 cm³/mol. The molecule has 0 aliphatic heterocycles. The van der Waals surface area contributed by atoms with Crippen LogP contribution in [-0.4, -0.2) is 11.1 Å². The van der Waals surface area contributed by atoms with Crippen LogP contribution in [0, 0.1) is 22.7 Å². The molecule has 0 aromatic rings. The van der Waals surface area contributed by atoms with Crippen molar-refractivity contribution in [3.8, 4) is 0 Å². The first-order valence-corrected chi connectivity index (χ1v) is 6.31. The van der Waals surface area contributed by atoms with Gasteiger partial charge in [0.2, 0.25) is 0 Å². The van der Waals surface area contributed by atoms with E-state index in [1.807, 2.05) is 0 Å². The van der Waals surface area contributed by atoms with E-state index in [9.17, 15) is 9.90 Å². The molecule has 0 aromatic heterocycles. The molecular formula is C13H20O2. The molecule has 4 aliphatic carbocycles. The van der Waals surface area contributed by atoms with E-state index in [1.54, 1.807) is 0 Å². The Balaban J connectivity index is 1.99. The van der Waals surface area contributed by atoms with Crippen molar-refractivity contribution in [2.45, 2.75) is 51.9 Å². The van der Waals surface area contributed by atoms with Crippen LogP contribution >= 0.6 is 0 Å². The monoisotopic (exact) mass is 208 g/mol. The zero-order valence-electron chi connectivity index (χ0n) is 9.46. The second-order valence-corrected chi connectivity index (χ2v) is 6.40. The highest BCUT2D eigenvalue weighted by molar-refractivity contribution is 5.75. The van der Waals surface area contributed by atoms with Gasteiger partial charge in [-0.1, -0.05) is 13.3 Å². The van der Waals surface area contributed by atoms with Crippen LogP contribution in [0.25, 0.3) is 0 Å². The summed E-state index contributed by atoms with van der Waals surface area (Å²) in [6.45, 7) is 2.25. The molecule has 4 saturated carbocycles. The molecule has 2 nitrogen and oxygen atoms in total. The standard InChI is InChI=1S/C13H20O2/c1-2-12-4-9-3-10(5-12)7-13(6-9,8-12)11(14)15/h9-10H,2-8H2,1H3,(H,14,15)/t9-,10-,12?,13?/m0/s1. The maximum Gasteiger partial charge on any atom is 0.309 e. The van der Waals surface area contributed by atoms with Gasteiger partial charge in [-0.2, -0.15) is 0 Å². The molecule has 0 amide bonds. The molecule has 0 unspecified atom stereocenters. The molecule has 4 aliphatic rings. The van der Waals surface area contributed by atoms with Gasteiger partial charge in [0.05, 0.1) is 5.41 Å². The summed E-state index contributed by atoms with van der Waals surface area (Å²) in [5, 5.41) is 9.49. The molecule has 0 radical (unpaired) electrons. The third kappa shape index (κ3) is 1.20. The summed E-state index contributed by atoms with van der Waals surface area (Å²) >= 11 is 0. The van der Waals surface area contributed by atoms with Crippen molar-refractivity contribution in [2.24, 2.45) is 22.7 Å². The molecule has 0 spiro atoms. The molecule has 2 atom stereocenters. The number of carbonyl (C=O) groups is 1. The molecule has 0 heterocycles. The van der Waals surface area contributed by atoms with E-state index in [0.717, 1.165) is 31.1 Å². The fraction of sp³-hybridized carbons (Fsp3) is 0.923. The Hall–Kier alpha value is -0.530. The molecule has 15 heavy (non-hydrogen) atoms. The van der Waals surface area contributed by atoms with E-state index in [0.29, 0.717) is 5.41 Å². The fourth-order valence-corrected chi connectivity index (χ4v) is 5.12. The summed E-state index contributed by atoms with van der Waals surface area (Å²) in [5.74, 6) is 0.944. The number of carboxylic acids is 1. The second kappa shape index (κ2) is 2.78. The minimum atomic E-state index is -0.505. The highest BCUT2D eigenvalue weighted by Crippen LogP contribution is 2.66. The first-order valence-electron chi connectivity index (χ1n) is 6.31. The normalized spacial score (nSPS) is 52.1. The number of rotatable bonds is 2. The fourth-order valence-electron chi connectivity index (χ4n) is 5.12. The lowest BCUT2D eigenvalue weighted by Gasteiger charge is -2.60. The van der Waals surface area contributed by atoms with E-state index in [1.165, 1.54) is 25.7 Å². The lowest BCUT2D eigenvalue weighted by Crippen LogP contribution is -2.54. The summed E-state index contributed by atoms with van der Waals surface area (Å²) in [5.41, 5.74) is 0.0859. The van der Waals surface area contributed by atoms with Gasteiger partial charge in [-0.05, 0) is 55.8 Å². The van der Waals surface area contributed by atoms with E-state index in [4.69, 9.17) is 0 Å². The third-order valence-corrected chi connectivity index (χ3v) is 5.39. The molecule has 0 aromatic carbocycles. The molecule has 0 saturated heterocycles. The second-order valence-electron chi connectivity index (χ2n) is 6.40. The smallest absolute Gasteiger partial charge is 0.309 e. The van der Waals surface area contributed by atoms with Crippen molar-refractivity contribution in [3.05, 3.63) is 0 Å². The van der Waals surface area contributed by atoms with Gasteiger partial charge in [0.25, 0.3) is 0 Å². The molecule has 84 valence electrons. The van der Waals surface area contributed by atoms with Gasteiger partial charge in [0.15, 0.2) is 0 Å². The van der Waals surface area contributed by atoms with Gasteiger partial charge in [0.1, 0.15) is 0 Å². The van der Waals surface area contributed by atoms with Crippen molar-refractivity contribution in [2.75, 3.05) is 0 Å². The molecule has 4 fully saturated rings. The lowest BCUT2D eigenvalue weighted by atomic mass is 9.43. The average Bonchev–Trinajstić information content (AvgIpc) is 2.15. The van der Waals surface area contributed by atoms with Crippen LogP contribution in [0.5, 0.6) is 0 Å². The maximum atomic E-state index is 11.5. The number of carboxylic acid groups (broad SMARTS) is 1. The zero-order valence-corrected chi connectivity index (χ0v) is 9.46. The summed E-state index contributed by atoms with van der Waals surface area (Å²) in [6, 6.07) is 0. The van der Waals surface area contributed by atoms with Crippen molar-refractivity contribution < 1.29 is 9.90 Å². The van der Waals surface area contributed by atoms with Gasteiger partial charge >= 0.3 is 5.97 Å². The highest BCUT2D eigenvalue weighted by atomic mass is 16.4. The van der Waals surface area contributed by atoms with E-state index >= 15 is 0 Å². The highest BCUT2D eigenvalue weighted by Gasteiger charge is 2.59. The van der Waals surface area contributed by atoms with Crippen LogP contribution < -0.4 is 0 Å². The Morgan fingerprint density at radius 1 is 1.27 bits per heavy atom.